The average Bonchev–Trinajstić information content (AvgIpc) is 2.90. The van der Waals surface area contributed by atoms with Crippen LogP contribution in [0.5, 0.6) is 0 Å². The molecule has 23 heavy (non-hydrogen) atoms. The van der Waals surface area contributed by atoms with Crippen molar-refractivity contribution in [2.45, 2.75) is 6.92 Å². The summed E-state index contributed by atoms with van der Waals surface area (Å²) >= 11 is 1.34. The second-order valence-corrected chi connectivity index (χ2v) is 6.66. The Labute approximate surface area is 138 Å². The Balaban J connectivity index is 1.72. The molecule has 1 aromatic carbocycles. The lowest BCUT2D eigenvalue weighted by Gasteiger charge is -2.32. The molecule has 2 heterocycles. The number of likely N-dealkylation sites (N-methyl/N-ethyl adjacent to an activating group) is 1. The van der Waals surface area contributed by atoms with Gasteiger partial charge in [0.25, 0.3) is 5.91 Å². The summed E-state index contributed by atoms with van der Waals surface area (Å²) in [4.78, 5) is 21.8. The number of hydrogen-bond acceptors (Lipinski definition) is 5. The molecule has 0 aliphatic carbocycles. The molecule has 7 heteroatoms. The number of anilines is 2. The predicted molar refractivity (Wildman–Crippen MR) is 89.9 cm³/mol. The minimum Gasteiger partial charge on any atom is -0.335 e. The van der Waals surface area contributed by atoms with E-state index in [4.69, 9.17) is 0 Å². The fourth-order valence-electron chi connectivity index (χ4n) is 2.46. The van der Waals surface area contributed by atoms with Crippen LogP contribution in [0.15, 0.2) is 24.3 Å². The van der Waals surface area contributed by atoms with Gasteiger partial charge in [-0.05, 0) is 38.2 Å². The molecule has 5 nitrogen and oxygen atoms in total. The Bertz CT molecular complexity index is 693. The van der Waals surface area contributed by atoms with Crippen LogP contribution in [-0.4, -0.2) is 53.9 Å². The van der Waals surface area contributed by atoms with Crippen molar-refractivity contribution in [1.82, 2.24) is 14.8 Å². The lowest BCUT2D eigenvalue weighted by atomic mass is 10.3. The first-order chi connectivity index (χ1) is 11.0. The predicted octanol–water partition coefficient (Wildman–Crippen LogP) is 2.72. The van der Waals surface area contributed by atoms with Gasteiger partial charge in [-0.2, -0.15) is 0 Å². The first kappa shape index (κ1) is 15.9. The highest BCUT2D eigenvalue weighted by Crippen LogP contribution is 2.27. The molecule has 0 bridgehead atoms. The van der Waals surface area contributed by atoms with E-state index in [0.29, 0.717) is 10.0 Å². The van der Waals surface area contributed by atoms with E-state index in [2.05, 4.69) is 22.2 Å². The molecular weight excluding hydrogens is 315 g/mol. The molecule has 2 aromatic rings. The maximum atomic E-state index is 12.9. The lowest BCUT2D eigenvalue weighted by Crippen LogP contribution is -2.47. The highest BCUT2D eigenvalue weighted by atomic mass is 32.1. The van der Waals surface area contributed by atoms with Gasteiger partial charge in [-0.3, -0.25) is 4.79 Å². The van der Waals surface area contributed by atoms with Crippen molar-refractivity contribution in [1.29, 1.82) is 0 Å². The maximum absolute atomic E-state index is 12.9. The molecule has 1 aliphatic heterocycles. The number of piperazine rings is 1. The number of aryl methyl sites for hydroxylation is 1. The number of nitrogens with one attached hydrogen (secondary N) is 1. The van der Waals surface area contributed by atoms with Gasteiger partial charge in [-0.15, -0.1) is 0 Å². The first-order valence-corrected chi connectivity index (χ1v) is 8.32. The first-order valence-electron chi connectivity index (χ1n) is 7.51. The monoisotopic (exact) mass is 334 g/mol. The molecule has 122 valence electrons. The fourth-order valence-corrected chi connectivity index (χ4v) is 3.41. The summed E-state index contributed by atoms with van der Waals surface area (Å²) in [6, 6.07) is 6.07. The number of benzene rings is 1. The van der Waals surface area contributed by atoms with Crippen LogP contribution < -0.4 is 5.32 Å². The standard InChI is InChI=1S/C16H19FN4OS/c1-11-14(15(22)21-9-7-20(2)8-10-21)23-16(18-11)19-13-5-3-12(17)4-6-13/h3-6H,7-10H2,1-2H3,(H,18,19). The van der Waals surface area contributed by atoms with Gasteiger partial charge < -0.3 is 15.1 Å². The molecule has 1 N–H and O–H groups in total. The molecule has 1 saturated heterocycles. The van der Waals surface area contributed by atoms with Gasteiger partial charge in [0.2, 0.25) is 0 Å². The van der Waals surface area contributed by atoms with Crippen LogP contribution in [0, 0.1) is 12.7 Å². The van der Waals surface area contributed by atoms with Crippen LogP contribution in [-0.2, 0) is 0 Å². The van der Waals surface area contributed by atoms with E-state index >= 15 is 0 Å². The number of rotatable bonds is 3. The largest absolute Gasteiger partial charge is 0.335 e. The molecular formula is C16H19FN4OS. The summed E-state index contributed by atoms with van der Waals surface area (Å²) in [7, 11) is 2.06. The zero-order valence-corrected chi connectivity index (χ0v) is 14.0. The lowest BCUT2D eigenvalue weighted by molar-refractivity contribution is 0.0668. The number of thiazole rings is 1. The second kappa shape index (κ2) is 6.64. The van der Waals surface area contributed by atoms with Gasteiger partial charge in [0.1, 0.15) is 10.7 Å². The zero-order valence-electron chi connectivity index (χ0n) is 13.2. The molecule has 1 amide bonds. The van der Waals surface area contributed by atoms with Crippen LogP contribution in [0.1, 0.15) is 15.4 Å². The van der Waals surface area contributed by atoms with E-state index in [0.717, 1.165) is 37.6 Å². The van der Waals surface area contributed by atoms with Crippen molar-refractivity contribution in [3.8, 4) is 0 Å². The van der Waals surface area contributed by atoms with Gasteiger partial charge in [0.15, 0.2) is 5.13 Å². The minimum absolute atomic E-state index is 0.0419. The summed E-state index contributed by atoms with van der Waals surface area (Å²) in [5.41, 5.74) is 1.47. The van der Waals surface area contributed by atoms with Crippen molar-refractivity contribution in [3.63, 3.8) is 0 Å². The Morgan fingerprint density at radius 1 is 1.22 bits per heavy atom. The molecule has 0 radical (unpaired) electrons. The van der Waals surface area contributed by atoms with Gasteiger partial charge in [-0.1, -0.05) is 11.3 Å². The molecule has 0 spiro atoms. The normalized spacial score (nSPS) is 15.7. The van der Waals surface area contributed by atoms with E-state index in [9.17, 15) is 9.18 Å². The molecule has 0 atom stereocenters. The Morgan fingerprint density at radius 2 is 1.87 bits per heavy atom. The Morgan fingerprint density at radius 3 is 2.52 bits per heavy atom. The smallest absolute Gasteiger partial charge is 0.266 e. The van der Waals surface area contributed by atoms with E-state index in [-0.39, 0.29) is 11.7 Å². The topological polar surface area (TPSA) is 48.5 Å². The summed E-state index contributed by atoms with van der Waals surface area (Å²) < 4.78 is 12.9. The van der Waals surface area contributed by atoms with Crippen LogP contribution >= 0.6 is 11.3 Å². The maximum Gasteiger partial charge on any atom is 0.266 e. The van der Waals surface area contributed by atoms with E-state index in [1.165, 1.54) is 23.5 Å². The molecule has 1 aromatic heterocycles. The SMILES string of the molecule is Cc1nc(Nc2ccc(F)cc2)sc1C(=O)N1CCN(C)CC1. The number of aromatic nitrogens is 1. The third kappa shape index (κ3) is 3.68. The van der Waals surface area contributed by atoms with Crippen LogP contribution in [0.25, 0.3) is 0 Å². The molecule has 0 unspecified atom stereocenters. The Hall–Kier alpha value is -1.99. The van der Waals surface area contributed by atoms with Crippen molar-refractivity contribution in [3.05, 3.63) is 40.7 Å². The van der Waals surface area contributed by atoms with Crippen molar-refractivity contribution < 1.29 is 9.18 Å². The number of amides is 1. The Kier molecular flexibility index (Phi) is 4.58. The van der Waals surface area contributed by atoms with Gasteiger partial charge in [0, 0.05) is 31.9 Å². The quantitative estimate of drug-likeness (QED) is 0.938. The summed E-state index contributed by atoms with van der Waals surface area (Å²) in [6.07, 6.45) is 0. The number of carbonyl (C=O) groups is 1. The number of hydrogen-bond donors (Lipinski definition) is 1. The molecule has 0 saturated carbocycles. The second-order valence-electron chi connectivity index (χ2n) is 5.66. The molecule has 1 fully saturated rings. The van der Waals surface area contributed by atoms with E-state index in [1.54, 1.807) is 12.1 Å². The van der Waals surface area contributed by atoms with Gasteiger partial charge in [-0.25, -0.2) is 9.37 Å². The number of nitrogens with zero attached hydrogens (tertiary/aromatic N) is 3. The fraction of sp³-hybridized carbons (Fsp3) is 0.375. The van der Waals surface area contributed by atoms with Gasteiger partial charge >= 0.3 is 0 Å². The summed E-state index contributed by atoms with van der Waals surface area (Å²) in [5, 5.41) is 3.76. The van der Waals surface area contributed by atoms with Crippen LogP contribution in [0.4, 0.5) is 15.2 Å². The number of halogens is 1. The number of carbonyl (C=O) groups excluding carboxylic acids is 1. The highest BCUT2D eigenvalue weighted by molar-refractivity contribution is 7.17. The summed E-state index contributed by atoms with van der Waals surface area (Å²) in [6.45, 7) is 5.12. The van der Waals surface area contributed by atoms with Crippen LogP contribution in [0.3, 0.4) is 0 Å². The minimum atomic E-state index is -0.281. The zero-order chi connectivity index (χ0) is 16.4. The molecule has 3 rings (SSSR count). The third-order valence-corrected chi connectivity index (χ3v) is 4.94. The van der Waals surface area contributed by atoms with Crippen LogP contribution in [0.2, 0.25) is 0 Å². The van der Waals surface area contributed by atoms with Crippen molar-refractivity contribution in [2.75, 3.05) is 38.5 Å². The van der Waals surface area contributed by atoms with E-state index in [1.807, 2.05) is 11.8 Å². The summed E-state index contributed by atoms with van der Waals surface area (Å²) in [5.74, 6) is -0.239. The third-order valence-electron chi connectivity index (χ3n) is 3.88. The van der Waals surface area contributed by atoms with Crippen molar-refractivity contribution in [2.24, 2.45) is 0 Å². The highest BCUT2D eigenvalue weighted by Gasteiger charge is 2.24. The van der Waals surface area contributed by atoms with E-state index < -0.39 is 0 Å². The van der Waals surface area contributed by atoms with Gasteiger partial charge in [0.05, 0.1) is 5.69 Å². The average molecular weight is 334 g/mol. The molecule has 1 aliphatic rings. The van der Waals surface area contributed by atoms with Crippen molar-refractivity contribution >= 4 is 28.1 Å².